The van der Waals surface area contributed by atoms with E-state index in [4.69, 9.17) is 0 Å². The fraction of sp³-hybridized carbons (Fsp3) is 0.474. The van der Waals surface area contributed by atoms with Gasteiger partial charge in [0.05, 0.1) is 5.75 Å². The molecule has 2 aromatic rings. The molecule has 4 nitrogen and oxygen atoms in total. The van der Waals surface area contributed by atoms with Gasteiger partial charge in [0.1, 0.15) is 5.03 Å². The molecule has 0 spiro atoms. The number of amides is 1. The minimum absolute atomic E-state index is 0.155. The Labute approximate surface area is 147 Å². The molecule has 128 valence electrons. The summed E-state index contributed by atoms with van der Waals surface area (Å²) >= 11 is 1.51. The lowest BCUT2D eigenvalue weighted by atomic mass is 9.86. The van der Waals surface area contributed by atoms with Gasteiger partial charge in [0.2, 0.25) is 5.91 Å². The predicted octanol–water partition coefficient (Wildman–Crippen LogP) is 3.34. The predicted molar refractivity (Wildman–Crippen MR) is 98.1 cm³/mol. The number of benzene rings is 1. The number of thioether (sulfide) groups is 1. The van der Waals surface area contributed by atoms with Crippen LogP contribution in [0.3, 0.4) is 0 Å². The van der Waals surface area contributed by atoms with Crippen molar-refractivity contribution < 1.29 is 9.90 Å². The Morgan fingerprint density at radius 2 is 2.00 bits per heavy atom. The summed E-state index contributed by atoms with van der Waals surface area (Å²) in [6.07, 6.45) is 5.80. The van der Waals surface area contributed by atoms with E-state index in [1.54, 1.807) is 6.20 Å². The number of fused-ring (bicyclic) bond motifs is 1. The van der Waals surface area contributed by atoms with Gasteiger partial charge in [-0.25, -0.2) is 4.98 Å². The molecule has 5 heteroatoms. The molecule has 0 bridgehead atoms. The summed E-state index contributed by atoms with van der Waals surface area (Å²) in [5.41, 5.74) is 0. The third-order valence-electron chi connectivity index (χ3n) is 4.99. The van der Waals surface area contributed by atoms with E-state index in [-0.39, 0.29) is 12.5 Å². The van der Waals surface area contributed by atoms with Gasteiger partial charge in [0.25, 0.3) is 0 Å². The monoisotopic (exact) mass is 344 g/mol. The van der Waals surface area contributed by atoms with E-state index in [2.05, 4.69) is 17.1 Å². The largest absolute Gasteiger partial charge is 0.396 e. The Morgan fingerprint density at radius 1 is 1.25 bits per heavy atom. The van der Waals surface area contributed by atoms with Crippen LogP contribution in [0.5, 0.6) is 0 Å². The minimum atomic E-state index is 0.155. The molecule has 1 N–H and O–H groups in total. The molecule has 0 saturated heterocycles. The van der Waals surface area contributed by atoms with E-state index in [0.717, 1.165) is 41.5 Å². The van der Waals surface area contributed by atoms with Gasteiger partial charge in [-0.3, -0.25) is 4.79 Å². The van der Waals surface area contributed by atoms with Crippen molar-refractivity contribution in [2.75, 3.05) is 19.4 Å². The highest BCUT2D eigenvalue weighted by Crippen LogP contribution is 2.29. The Balaban J connectivity index is 1.59. The smallest absolute Gasteiger partial charge is 0.232 e. The molecule has 0 atom stereocenters. The van der Waals surface area contributed by atoms with Gasteiger partial charge in [-0.1, -0.05) is 36.0 Å². The molecule has 1 heterocycles. The normalized spacial score (nSPS) is 20.9. The summed E-state index contributed by atoms with van der Waals surface area (Å²) in [6, 6.07) is 10.4. The lowest BCUT2D eigenvalue weighted by Crippen LogP contribution is -2.40. The standard InChI is InChI=1S/C19H24N2O2S/c1-21(16-8-6-14(12-22)7-9-16)18(23)13-24-19-17-5-3-2-4-15(17)10-11-20-19/h2-5,10-11,14,16,22H,6-9,12-13H2,1H3. The Hall–Kier alpha value is -1.59. The molecule has 1 fully saturated rings. The van der Waals surface area contributed by atoms with E-state index in [0.29, 0.717) is 17.7 Å². The van der Waals surface area contributed by atoms with Gasteiger partial charge in [-0.2, -0.15) is 0 Å². The lowest BCUT2D eigenvalue weighted by Gasteiger charge is -2.34. The van der Waals surface area contributed by atoms with Crippen molar-refractivity contribution >= 4 is 28.4 Å². The van der Waals surface area contributed by atoms with E-state index in [9.17, 15) is 9.90 Å². The van der Waals surface area contributed by atoms with E-state index in [1.165, 1.54) is 11.8 Å². The Kier molecular flexibility index (Phi) is 5.74. The average Bonchev–Trinajstić information content (AvgIpc) is 2.65. The maximum Gasteiger partial charge on any atom is 0.232 e. The summed E-state index contributed by atoms with van der Waals surface area (Å²) in [6.45, 7) is 0.271. The zero-order chi connectivity index (χ0) is 16.9. The number of carbonyl (C=O) groups excluding carboxylic acids is 1. The SMILES string of the molecule is CN(C(=O)CSc1nccc2ccccc12)C1CCC(CO)CC1. The number of aromatic nitrogens is 1. The maximum atomic E-state index is 12.5. The second-order valence-corrected chi connectivity index (χ2v) is 7.45. The van der Waals surface area contributed by atoms with E-state index < -0.39 is 0 Å². The second kappa shape index (κ2) is 7.99. The molecule has 1 aliphatic rings. The molecular weight excluding hydrogens is 320 g/mol. The van der Waals surface area contributed by atoms with Crippen LogP contribution in [-0.4, -0.2) is 46.3 Å². The summed E-state index contributed by atoms with van der Waals surface area (Å²) in [5.74, 6) is 0.985. The van der Waals surface area contributed by atoms with Crippen molar-refractivity contribution in [2.24, 2.45) is 5.92 Å². The minimum Gasteiger partial charge on any atom is -0.396 e. The summed E-state index contributed by atoms with van der Waals surface area (Å²) < 4.78 is 0. The molecule has 1 aliphatic carbocycles. The molecule has 0 radical (unpaired) electrons. The number of rotatable bonds is 5. The van der Waals surface area contributed by atoms with Gasteiger partial charge in [-0.05, 0) is 43.1 Å². The van der Waals surface area contributed by atoms with Gasteiger partial charge in [0.15, 0.2) is 0 Å². The Bertz CT molecular complexity index is 693. The van der Waals surface area contributed by atoms with Crippen LogP contribution in [0.15, 0.2) is 41.6 Å². The molecule has 0 unspecified atom stereocenters. The number of aliphatic hydroxyl groups excluding tert-OH is 1. The molecule has 1 saturated carbocycles. The van der Waals surface area contributed by atoms with Gasteiger partial charge >= 0.3 is 0 Å². The number of aliphatic hydroxyl groups is 1. The zero-order valence-corrected chi connectivity index (χ0v) is 14.8. The van der Waals surface area contributed by atoms with Crippen molar-refractivity contribution in [2.45, 2.75) is 36.8 Å². The highest BCUT2D eigenvalue weighted by atomic mass is 32.2. The van der Waals surface area contributed by atoms with E-state index in [1.807, 2.05) is 30.1 Å². The number of hydrogen-bond donors (Lipinski definition) is 1. The third-order valence-corrected chi connectivity index (χ3v) is 5.98. The molecule has 24 heavy (non-hydrogen) atoms. The summed E-state index contributed by atoms with van der Waals surface area (Å²) in [4.78, 5) is 18.9. The quantitative estimate of drug-likeness (QED) is 0.845. The molecular formula is C19H24N2O2S. The number of pyridine rings is 1. The summed E-state index contributed by atoms with van der Waals surface area (Å²) in [5, 5.41) is 12.4. The van der Waals surface area contributed by atoms with Crippen LogP contribution in [-0.2, 0) is 4.79 Å². The van der Waals surface area contributed by atoms with Crippen LogP contribution in [0.4, 0.5) is 0 Å². The van der Waals surface area contributed by atoms with Crippen LogP contribution in [0, 0.1) is 5.92 Å². The first-order valence-electron chi connectivity index (χ1n) is 8.52. The Morgan fingerprint density at radius 3 is 2.75 bits per heavy atom. The zero-order valence-electron chi connectivity index (χ0n) is 14.0. The molecule has 1 aromatic carbocycles. The van der Waals surface area contributed by atoms with Crippen LogP contribution in [0.25, 0.3) is 10.8 Å². The first kappa shape index (κ1) is 17.2. The fourth-order valence-electron chi connectivity index (χ4n) is 3.36. The maximum absolute atomic E-state index is 12.5. The van der Waals surface area contributed by atoms with E-state index >= 15 is 0 Å². The molecule has 3 rings (SSSR count). The van der Waals surface area contributed by atoms with Crippen molar-refractivity contribution in [3.05, 3.63) is 36.5 Å². The van der Waals surface area contributed by atoms with Crippen molar-refractivity contribution in [1.29, 1.82) is 0 Å². The van der Waals surface area contributed by atoms with Crippen LogP contribution >= 0.6 is 11.8 Å². The van der Waals surface area contributed by atoms with Crippen LogP contribution < -0.4 is 0 Å². The van der Waals surface area contributed by atoms with Crippen molar-refractivity contribution in [3.63, 3.8) is 0 Å². The number of nitrogens with zero attached hydrogens (tertiary/aromatic N) is 2. The summed E-state index contributed by atoms with van der Waals surface area (Å²) in [7, 11) is 1.91. The van der Waals surface area contributed by atoms with Gasteiger partial charge in [0, 0.05) is 31.3 Å². The second-order valence-electron chi connectivity index (χ2n) is 6.49. The first-order valence-corrected chi connectivity index (χ1v) is 9.50. The third kappa shape index (κ3) is 3.90. The average molecular weight is 344 g/mol. The number of carbonyl (C=O) groups is 1. The van der Waals surface area contributed by atoms with Crippen LogP contribution in [0.2, 0.25) is 0 Å². The van der Waals surface area contributed by atoms with Gasteiger partial charge in [-0.15, -0.1) is 0 Å². The molecule has 1 amide bonds. The topological polar surface area (TPSA) is 53.4 Å². The fourth-order valence-corrected chi connectivity index (χ4v) is 4.30. The highest BCUT2D eigenvalue weighted by molar-refractivity contribution is 8.00. The lowest BCUT2D eigenvalue weighted by molar-refractivity contribution is -0.129. The number of hydrogen-bond acceptors (Lipinski definition) is 4. The van der Waals surface area contributed by atoms with Crippen LogP contribution in [0.1, 0.15) is 25.7 Å². The molecule has 1 aromatic heterocycles. The first-order chi connectivity index (χ1) is 11.7. The highest BCUT2D eigenvalue weighted by Gasteiger charge is 2.26. The van der Waals surface area contributed by atoms with Crippen molar-refractivity contribution in [3.8, 4) is 0 Å². The van der Waals surface area contributed by atoms with Gasteiger partial charge < -0.3 is 10.0 Å². The van der Waals surface area contributed by atoms with Crippen molar-refractivity contribution in [1.82, 2.24) is 9.88 Å². The molecule has 0 aliphatic heterocycles.